The van der Waals surface area contributed by atoms with E-state index < -0.39 is 0 Å². The fourth-order valence-electron chi connectivity index (χ4n) is 4.42. The standard InChI is InChI=1S/C21H15Br/c22-16-9-10-18-17-7-3-4-8-19(17)21(20(18)11-16)12-14-5-1-2-6-15(14)13-21/h1-11H,12-13H2. The lowest BCUT2D eigenvalue weighted by Crippen LogP contribution is -2.25. The Morgan fingerprint density at radius 3 is 2.09 bits per heavy atom. The summed E-state index contributed by atoms with van der Waals surface area (Å²) in [4.78, 5) is 0. The van der Waals surface area contributed by atoms with Crippen molar-refractivity contribution in [3.05, 3.63) is 93.5 Å². The molecule has 0 amide bonds. The molecule has 0 saturated carbocycles. The number of rotatable bonds is 0. The molecular weight excluding hydrogens is 332 g/mol. The third kappa shape index (κ3) is 1.52. The van der Waals surface area contributed by atoms with Gasteiger partial charge in [-0.15, -0.1) is 0 Å². The van der Waals surface area contributed by atoms with E-state index in [4.69, 9.17) is 0 Å². The minimum Gasteiger partial charge on any atom is -0.0620 e. The van der Waals surface area contributed by atoms with Crippen LogP contribution in [0.1, 0.15) is 22.3 Å². The molecule has 5 rings (SSSR count). The molecule has 0 aromatic heterocycles. The van der Waals surface area contributed by atoms with Gasteiger partial charge in [-0.3, -0.25) is 0 Å². The van der Waals surface area contributed by atoms with Crippen LogP contribution in [0.3, 0.4) is 0 Å². The monoisotopic (exact) mass is 346 g/mol. The van der Waals surface area contributed by atoms with Crippen LogP contribution in [0.2, 0.25) is 0 Å². The highest BCUT2D eigenvalue weighted by Crippen LogP contribution is 2.55. The van der Waals surface area contributed by atoms with Gasteiger partial charge in [-0.2, -0.15) is 0 Å². The second-order valence-electron chi connectivity index (χ2n) is 6.44. The summed E-state index contributed by atoms with van der Waals surface area (Å²) in [6.45, 7) is 0. The van der Waals surface area contributed by atoms with Crippen molar-refractivity contribution in [2.45, 2.75) is 18.3 Å². The van der Waals surface area contributed by atoms with Crippen molar-refractivity contribution >= 4 is 15.9 Å². The summed E-state index contributed by atoms with van der Waals surface area (Å²) in [5.41, 5.74) is 8.94. The first-order valence-electron chi connectivity index (χ1n) is 7.75. The van der Waals surface area contributed by atoms with Crippen molar-refractivity contribution in [2.75, 3.05) is 0 Å². The average Bonchev–Trinajstić information content (AvgIpc) is 3.06. The van der Waals surface area contributed by atoms with E-state index in [1.165, 1.54) is 37.9 Å². The lowest BCUT2D eigenvalue weighted by Gasteiger charge is -2.26. The molecule has 22 heavy (non-hydrogen) atoms. The Morgan fingerprint density at radius 1 is 0.682 bits per heavy atom. The number of halogens is 1. The summed E-state index contributed by atoms with van der Waals surface area (Å²) >= 11 is 3.68. The molecule has 0 unspecified atom stereocenters. The predicted molar refractivity (Wildman–Crippen MR) is 94.2 cm³/mol. The first kappa shape index (κ1) is 12.7. The van der Waals surface area contributed by atoms with Gasteiger partial charge in [0.05, 0.1) is 0 Å². The smallest absolute Gasteiger partial charge is 0.0296 e. The second kappa shape index (κ2) is 4.33. The van der Waals surface area contributed by atoms with Gasteiger partial charge in [0.25, 0.3) is 0 Å². The zero-order valence-electron chi connectivity index (χ0n) is 12.1. The molecule has 0 N–H and O–H groups in total. The van der Waals surface area contributed by atoms with Crippen LogP contribution in [-0.2, 0) is 18.3 Å². The van der Waals surface area contributed by atoms with Gasteiger partial charge in [0.1, 0.15) is 0 Å². The molecule has 1 spiro atoms. The fourth-order valence-corrected chi connectivity index (χ4v) is 4.78. The average molecular weight is 347 g/mol. The van der Waals surface area contributed by atoms with Gasteiger partial charge < -0.3 is 0 Å². The summed E-state index contributed by atoms with van der Waals surface area (Å²) in [6.07, 6.45) is 2.23. The third-order valence-electron chi connectivity index (χ3n) is 5.33. The summed E-state index contributed by atoms with van der Waals surface area (Å²) in [5.74, 6) is 0. The van der Waals surface area contributed by atoms with Crippen molar-refractivity contribution in [1.29, 1.82) is 0 Å². The molecule has 0 heterocycles. The zero-order chi connectivity index (χ0) is 14.7. The molecule has 1 heteroatoms. The van der Waals surface area contributed by atoms with E-state index >= 15 is 0 Å². The van der Waals surface area contributed by atoms with Crippen molar-refractivity contribution in [3.8, 4) is 11.1 Å². The Balaban J connectivity index is 1.83. The predicted octanol–water partition coefficient (Wildman–Crippen LogP) is 5.51. The van der Waals surface area contributed by atoms with Gasteiger partial charge >= 0.3 is 0 Å². The van der Waals surface area contributed by atoms with Crippen molar-refractivity contribution in [2.24, 2.45) is 0 Å². The molecule has 0 bridgehead atoms. The van der Waals surface area contributed by atoms with E-state index in [0.29, 0.717) is 0 Å². The topological polar surface area (TPSA) is 0 Å². The van der Waals surface area contributed by atoms with E-state index in [-0.39, 0.29) is 5.41 Å². The van der Waals surface area contributed by atoms with Crippen LogP contribution in [-0.4, -0.2) is 0 Å². The van der Waals surface area contributed by atoms with Crippen LogP contribution < -0.4 is 0 Å². The van der Waals surface area contributed by atoms with Crippen molar-refractivity contribution in [1.82, 2.24) is 0 Å². The second-order valence-corrected chi connectivity index (χ2v) is 7.36. The van der Waals surface area contributed by atoms with Crippen LogP contribution in [0.5, 0.6) is 0 Å². The molecule has 0 aliphatic heterocycles. The Hall–Kier alpha value is -1.86. The molecule has 106 valence electrons. The van der Waals surface area contributed by atoms with E-state index in [0.717, 1.165) is 12.8 Å². The molecule has 3 aromatic carbocycles. The van der Waals surface area contributed by atoms with E-state index in [1.807, 2.05) is 0 Å². The highest BCUT2D eigenvalue weighted by Gasteiger charge is 2.46. The molecule has 0 fully saturated rings. The largest absolute Gasteiger partial charge is 0.0620 e. The molecular formula is C21H15Br. The number of hydrogen-bond acceptors (Lipinski definition) is 0. The van der Waals surface area contributed by atoms with Crippen LogP contribution in [0, 0.1) is 0 Å². The van der Waals surface area contributed by atoms with Crippen LogP contribution in [0.4, 0.5) is 0 Å². The van der Waals surface area contributed by atoms with Crippen LogP contribution in [0.25, 0.3) is 11.1 Å². The highest BCUT2D eigenvalue weighted by atomic mass is 79.9. The van der Waals surface area contributed by atoms with E-state index in [1.54, 1.807) is 0 Å². The van der Waals surface area contributed by atoms with Gasteiger partial charge in [0.2, 0.25) is 0 Å². The zero-order valence-corrected chi connectivity index (χ0v) is 13.7. The van der Waals surface area contributed by atoms with Gasteiger partial charge in [0, 0.05) is 9.89 Å². The fraction of sp³-hybridized carbons (Fsp3) is 0.143. The molecule has 2 aliphatic carbocycles. The Kier molecular flexibility index (Phi) is 2.49. The van der Waals surface area contributed by atoms with Gasteiger partial charge in [-0.1, -0.05) is 70.5 Å². The molecule has 0 saturated heterocycles. The SMILES string of the molecule is Brc1ccc2c(c1)C1(Cc3ccccc3C1)c1ccccc1-2. The van der Waals surface area contributed by atoms with Crippen molar-refractivity contribution < 1.29 is 0 Å². The summed E-state index contributed by atoms with van der Waals surface area (Å²) in [5, 5.41) is 0. The first-order chi connectivity index (χ1) is 10.8. The number of fused-ring (bicyclic) bond motifs is 6. The maximum atomic E-state index is 3.68. The molecule has 0 atom stereocenters. The van der Waals surface area contributed by atoms with Gasteiger partial charge in [-0.25, -0.2) is 0 Å². The third-order valence-corrected chi connectivity index (χ3v) is 5.83. The lowest BCUT2D eigenvalue weighted by molar-refractivity contribution is 0.563. The van der Waals surface area contributed by atoms with E-state index in [9.17, 15) is 0 Å². The van der Waals surface area contributed by atoms with Gasteiger partial charge in [-0.05, 0) is 58.4 Å². The summed E-state index contributed by atoms with van der Waals surface area (Å²) in [6, 6.07) is 24.6. The number of benzene rings is 3. The summed E-state index contributed by atoms with van der Waals surface area (Å²) in [7, 11) is 0. The van der Waals surface area contributed by atoms with Gasteiger partial charge in [0.15, 0.2) is 0 Å². The minimum absolute atomic E-state index is 0.124. The summed E-state index contributed by atoms with van der Waals surface area (Å²) < 4.78 is 1.18. The molecule has 0 radical (unpaired) electrons. The maximum Gasteiger partial charge on any atom is 0.0296 e. The first-order valence-corrected chi connectivity index (χ1v) is 8.54. The lowest BCUT2D eigenvalue weighted by atomic mass is 9.76. The maximum absolute atomic E-state index is 3.68. The normalized spacial score (nSPS) is 16.4. The highest BCUT2D eigenvalue weighted by molar-refractivity contribution is 9.10. The van der Waals surface area contributed by atoms with Crippen molar-refractivity contribution in [3.63, 3.8) is 0 Å². The Bertz CT molecular complexity index is 882. The molecule has 0 nitrogen and oxygen atoms in total. The Morgan fingerprint density at radius 2 is 1.32 bits per heavy atom. The number of hydrogen-bond donors (Lipinski definition) is 0. The minimum atomic E-state index is 0.124. The van der Waals surface area contributed by atoms with Crippen LogP contribution >= 0.6 is 15.9 Å². The van der Waals surface area contributed by atoms with E-state index in [2.05, 4.69) is 82.7 Å². The van der Waals surface area contributed by atoms with Crippen LogP contribution in [0.15, 0.2) is 71.2 Å². The Labute approximate surface area is 138 Å². The molecule has 2 aliphatic rings. The molecule has 3 aromatic rings. The quantitative estimate of drug-likeness (QED) is 0.503.